The Bertz CT molecular complexity index is 834. The maximum Gasteiger partial charge on any atom is 0.147 e. The Balaban J connectivity index is 1.47. The smallest absolute Gasteiger partial charge is 0.147 e. The van der Waals surface area contributed by atoms with Crippen molar-refractivity contribution in [3.8, 4) is 11.3 Å². The van der Waals surface area contributed by atoms with E-state index in [1.165, 1.54) is 5.56 Å². The molecule has 7 nitrogen and oxygen atoms in total. The Morgan fingerprint density at radius 1 is 1.25 bits per heavy atom. The van der Waals surface area contributed by atoms with Crippen LogP contribution in [0.2, 0.25) is 0 Å². The second-order valence-electron chi connectivity index (χ2n) is 6.29. The van der Waals surface area contributed by atoms with Crippen molar-refractivity contribution in [3.05, 3.63) is 47.9 Å². The van der Waals surface area contributed by atoms with Crippen molar-refractivity contribution in [2.45, 2.75) is 38.9 Å². The highest BCUT2D eigenvalue weighted by atomic mass is 15.4. The summed E-state index contributed by atoms with van der Waals surface area (Å²) in [6, 6.07) is 4.40. The third-order valence-electron chi connectivity index (χ3n) is 4.40. The van der Waals surface area contributed by atoms with Gasteiger partial charge in [-0.3, -0.25) is 9.67 Å². The highest BCUT2D eigenvalue weighted by Crippen LogP contribution is 2.21. The van der Waals surface area contributed by atoms with E-state index in [1.54, 1.807) is 12.4 Å². The molecule has 1 N–H and O–H groups in total. The summed E-state index contributed by atoms with van der Waals surface area (Å²) in [4.78, 5) is 8.55. The van der Waals surface area contributed by atoms with Gasteiger partial charge in [0.05, 0.1) is 12.2 Å². The predicted octanol–water partition coefficient (Wildman–Crippen LogP) is 1.49. The lowest BCUT2D eigenvalue weighted by atomic mass is 10.1. The third-order valence-corrected chi connectivity index (χ3v) is 4.40. The van der Waals surface area contributed by atoms with Crippen LogP contribution in [0, 0.1) is 6.92 Å². The van der Waals surface area contributed by atoms with E-state index in [4.69, 9.17) is 0 Å². The fourth-order valence-corrected chi connectivity index (χ4v) is 3.27. The minimum atomic E-state index is 0.407. The Hall–Kier alpha value is -2.54. The van der Waals surface area contributed by atoms with E-state index in [9.17, 15) is 0 Å². The number of aromatic nitrogens is 6. The summed E-state index contributed by atoms with van der Waals surface area (Å²) in [6.07, 6.45) is 7.75. The number of hydrogen-bond acceptors (Lipinski definition) is 5. The zero-order valence-corrected chi connectivity index (χ0v) is 14.0. The molecule has 0 bridgehead atoms. The molecule has 0 amide bonds. The SMILES string of the molecule is Cc1nc2n(n1)CC(NCc1cn(C)nc1-c1ccncc1)CC2. The average molecular weight is 323 g/mol. The van der Waals surface area contributed by atoms with Gasteiger partial charge in [-0.2, -0.15) is 10.2 Å². The highest BCUT2D eigenvalue weighted by molar-refractivity contribution is 5.61. The molecular formula is C17H21N7. The number of hydrogen-bond donors (Lipinski definition) is 1. The van der Waals surface area contributed by atoms with Crippen molar-refractivity contribution >= 4 is 0 Å². The number of rotatable bonds is 4. The van der Waals surface area contributed by atoms with Crippen LogP contribution < -0.4 is 5.32 Å². The zero-order chi connectivity index (χ0) is 16.5. The Kier molecular flexibility index (Phi) is 3.86. The van der Waals surface area contributed by atoms with Gasteiger partial charge in [0, 0.05) is 55.8 Å². The Labute approximate surface area is 140 Å². The molecule has 3 aromatic heterocycles. The minimum Gasteiger partial charge on any atom is -0.308 e. The molecule has 1 atom stereocenters. The summed E-state index contributed by atoms with van der Waals surface area (Å²) < 4.78 is 3.90. The molecule has 1 aliphatic heterocycles. The third kappa shape index (κ3) is 2.94. The van der Waals surface area contributed by atoms with Crippen LogP contribution in [0.25, 0.3) is 11.3 Å². The lowest BCUT2D eigenvalue weighted by molar-refractivity contribution is 0.358. The van der Waals surface area contributed by atoms with E-state index in [2.05, 4.69) is 31.7 Å². The van der Waals surface area contributed by atoms with Crippen LogP contribution in [0.15, 0.2) is 30.7 Å². The zero-order valence-electron chi connectivity index (χ0n) is 14.0. The average Bonchev–Trinajstić information content (AvgIpc) is 3.14. The van der Waals surface area contributed by atoms with E-state index in [0.717, 1.165) is 48.8 Å². The van der Waals surface area contributed by atoms with Gasteiger partial charge in [-0.15, -0.1) is 0 Å². The largest absolute Gasteiger partial charge is 0.308 e. The predicted molar refractivity (Wildman–Crippen MR) is 90.1 cm³/mol. The van der Waals surface area contributed by atoms with Crippen LogP contribution in [0.3, 0.4) is 0 Å². The summed E-state index contributed by atoms with van der Waals surface area (Å²) in [5, 5.41) is 12.7. The second kappa shape index (κ2) is 6.16. The molecule has 0 aliphatic carbocycles. The molecule has 1 aliphatic rings. The van der Waals surface area contributed by atoms with Crippen LogP contribution in [0.1, 0.15) is 23.6 Å². The fraction of sp³-hybridized carbons (Fsp3) is 0.412. The molecular weight excluding hydrogens is 302 g/mol. The van der Waals surface area contributed by atoms with E-state index in [0.29, 0.717) is 6.04 Å². The molecule has 0 saturated carbocycles. The standard InChI is InChI=1S/C17H21N7/c1-12-20-16-4-3-15(11-24(16)21-12)19-9-14-10-23(2)22-17(14)13-5-7-18-8-6-13/h5-8,10,15,19H,3-4,9,11H2,1-2H3. The van der Waals surface area contributed by atoms with Gasteiger partial charge in [0.1, 0.15) is 11.6 Å². The first-order chi connectivity index (χ1) is 11.7. The highest BCUT2D eigenvalue weighted by Gasteiger charge is 2.21. The van der Waals surface area contributed by atoms with Gasteiger partial charge in [0.2, 0.25) is 0 Å². The summed E-state index contributed by atoms with van der Waals surface area (Å²) in [6.45, 7) is 3.62. The van der Waals surface area contributed by atoms with Crippen LogP contribution in [-0.2, 0) is 26.6 Å². The first-order valence-corrected chi connectivity index (χ1v) is 8.25. The fourth-order valence-electron chi connectivity index (χ4n) is 3.27. The van der Waals surface area contributed by atoms with Crippen LogP contribution in [-0.4, -0.2) is 35.6 Å². The maximum absolute atomic E-state index is 4.61. The van der Waals surface area contributed by atoms with E-state index >= 15 is 0 Å². The molecule has 24 heavy (non-hydrogen) atoms. The Morgan fingerprint density at radius 2 is 2.08 bits per heavy atom. The van der Waals surface area contributed by atoms with Crippen molar-refractivity contribution < 1.29 is 0 Å². The van der Waals surface area contributed by atoms with Crippen LogP contribution >= 0.6 is 0 Å². The van der Waals surface area contributed by atoms with Gasteiger partial charge in [0.25, 0.3) is 0 Å². The molecule has 4 heterocycles. The van der Waals surface area contributed by atoms with Crippen molar-refractivity contribution in [1.29, 1.82) is 0 Å². The van der Waals surface area contributed by atoms with Crippen LogP contribution in [0.4, 0.5) is 0 Å². The summed E-state index contributed by atoms with van der Waals surface area (Å²) in [5.41, 5.74) is 3.31. The summed E-state index contributed by atoms with van der Waals surface area (Å²) >= 11 is 0. The molecule has 0 saturated heterocycles. The van der Waals surface area contributed by atoms with Gasteiger partial charge in [-0.25, -0.2) is 9.67 Å². The normalized spacial score (nSPS) is 17.0. The van der Waals surface area contributed by atoms with Crippen molar-refractivity contribution in [2.24, 2.45) is 7.05 Å². The molecule has 0 radical (unpaired) electrons. The summed E-state index contributed by atoms with van der Waals surface area (Å²) in [5.74, 6) is 1.96. The number of aryl methyl sites for hydroxylation is 3. The topological polar surface area (TPSA) is 73.5 Å². The molecule has 1 unspecified atom stereocenters. The second-order valence-corrected chi connectivity index (χ2v) is 6.29. The van der Waals surface area contributed by atoms with Crippen molar-refractivity contribution in [1.82, 2.24) is 34.8 Å². The van der Waals surface area contributed by atoms with Crippen LogP contribution in [0.5, 0.6) is 0 Å². The van der Waals surface area contributed by atoms with E-state index < -0.39 is 0 Å². The molecule has 124 valence electrons. The minimum absolute atomic E-state index is 0.407. The maximum atomic E-state index is 4.61. The quantitative estimate of drug-likeness (QED) is 0.787. The molecule has 4 rings (SSSR count). The number of nitrogens with one attached hydrogen (secondary N) is 1. The van der Waals surface area contributed by atoms with Gasteiger partial charge in [-0.1, -0.05) is 0 Å². The first kappa shape index (κ1) is 15.0. The van der Waals surface area contributed by atoms with E-state index in [1.807, 2.05) is 35.5 Å². The molecule has 0 fully saturated rings. The number of pyridine rings is 1. The molecule has 3 aromatic rings. The lowest BCUT2D eigenvalue weighted by Gasteiger charge is -2.23. The molecule has 0 spiro atoms. The summed E-state index contributed by atoms with van der Waals surface area (Å²) in [7, 11) is 1.96. The van der Waals surface area contributed by atoms with Gasteiger partial charge >= 0.3 is 0 Å². The number of nitrogens with zero attached hydrogens (tertiary/aromatic N) is 6. The lowest BCUT2D eigenvalue weighted by Crippen LogP contribution is -2.37. The van der Waals surface area contributed by atoms with Crippen molar-refractivity contribution in [3.63, 3.8) is 0 Å². The Morgan fingerprint density at radius 3 is 2.92 bits per heavy atom. The van der Waals surface area contributed by atoms with E-state index in [-0.39, 0.29) is 0 Å². The molecule has 7 heteroatoms. The monoisotopic (exact) mass is 323 g/mol. The number of fused-ring (bicyclic) bond motifs is 1. The first-order valence-electron chi connectivity index (χ1n) is 8.25. The van der Waals surface area contributed by atoms with Gasteiger partial charge < -0.3 is 5.32 Å². The van der Waals surface area contributed by atoms with Gasteiger partial charge in [0.15, 0.2) is 0 Å². The molecule has 0 aromatic carbocycles. The van der Waals surface area contributed by atoms with Gasteiger partial charge in [-0.05, 0) is 25.5 Å². The van der Waals surface area contributed by atoms with Crippen molar-refractivity contribution in [2.75, 3.05) is 0 Å².